The van der Waals surface area contributed by atoms with Gasteiger partial charge in [-0.15, -0.1) is 0 Å². The lowest BCUT2D eigenvalue weighted by Crippen LogP contribution is -1.95. The van der Waals surface area contributed by atoms with E-state index in [-0.39, 0.29) is 22.8 Å². The molecule has 0 heterocycles. The lowest BCUT2D eigenvalue weighted by molar-refractivity contribution is 0.0985. The SMILES string of the molecule is CC.CCC(=O)c1ccc(O)cc1O. The molecule has 0 unspecified atom stereocenters. The normalized spacial score (nSPS) is 8.79. The van der Waals surface area contributed by atoms with Crippen LogP contribution in [-0.2, 0) is 0 Å². The van der Waals surface area contributed by atoms with Crippen molar-refractivity contribution in [2.24, 2.45) is 0 Å². The van der Waals surface area contributed by atoms with Gasteiger partial charge in [-0.3, -0.25) is 4.79 Å². The standard InChI is InChI=1S/C9H10O3.C2H6/c1-2-8(11)7-4-3-6(10)5-9(7)12;1-2/h3-5,10,12H,2H2,1H3;1-2H3. The minimum absolute atomic E-state index is 0.0415. The van der Waals surface area contributed by atoms with Gasteiger partial charge in [0.15, 0.2) is 5.78 Å². The lowest BCUT2D eigenvalue weighted by atomic mass is 10.1. The predicted molar refractivity (Wildman–Crippen MR) is 55.7 cm³/mol. The fourth-order valence-electron chi connectivity index (χ4n) is 0.946. The first-order valence-corrected chi connectivity index (χ1v) is 4.70. The van der Waals surface area contributed by atoms with Crippen molar-refractivity contribution in [1.29, 1.82) is 0 Å². The Morgan fingerprint density at radius 2 is 1.86 bits per heavy atom. The Labute approximate surface area is 84.0 Å². The molecule has 14 heavy (non-hydrogen) atoms. The van der Waals surface area contributed by atoms with E-state index in [0.29, 0.717) is 6.42 Å². The molecule has 0 saturated carbocycles. The smallest absolute Gasteiger partial charge is 0.166 e. The second kappa shape index (κ2) is 6.02. The molecule has 0 spiro atoms. The molecule has 0 radical (unpaired) electrons. The van der Waals surface area contributed by atoms with E-state index in [4.69, 9.17) is 5.11 Å². The molecule has 0 aliphatic rings. The zero-order chi connectivity index (χ0) is 11.1. The number of hydrogen-bond donors (Lipinski definition) is 2. The third kappa shape index (κ3) is 3.09. The van der Waals surface area contributed by atoms with Crippen molar-refractivity contribution in [1.82, 2.24) is 0 Å². The summed E-state index contributed by atoms with van der Waals surface area (Å²) < 4.78 is 0. The third-order valence-corrected chi connectivity index (χ3v) is 1.60. The number of phenolic OH excluding ortho intramolecular Hbond substituents is 2. The van der Waals surface area contributed by atoms with Gasteiger partial charge in [0.25, 0.3) is 0 Å². The number of rotatable bonds is 2. The number of benzene rings is 1. The molecule has 0 aromatic heterocycles. The van der Waals surface area contributed by atoms with Crippen LogP contribution in [-0.4, -0.2) is 16.0 Å². The first kappa shape index (κ1) is 12.5. The molecule has 2 N–H and O–H groups in total. The summed E-state index contributed by atoms with van der Waals surface area (Å²) in [5, 5.41) is 18.1. The summed E-state index contributed by atoms with van der Waals surface area (Å²) in [6, 6.07) is 3.95. The van der Waals surface area contributed by atoms with Gasteiger partial charge in [0, 0.05) is 12.5 Å². The van der Waals surface area contributed by atoms with Gasteiger partial charge in [0.05, 0.1) is 5.56 Å². The molecule has 78 valence electrons. The summed E-state index contributed by atoms with van der Waals surface area (Å²) in [6.07, 6.45) is 0.346. The highest BCUT2D eigenvalue weighted by molar-refractivity contribution is 5.98. The van der Waals surface area contributed by atoms with Crippen molar-refractivity contribution in [3.05, 3.63) is 23.8 Å². The Bertz CT molecular complexity index is 305. The van der Waals surface area contributed by atoms with E-state index >= 15 is 0 Å². The van der Waals surface area contributed by atoms with Gasteiger partial charge in [-0.1, -0.05) is 20.8 Å². The van der Waals surface area contributed by atoms with Crippen LogP contribution in [0.2, 0.25) is 0 Å². The monoisotopic (exact) mass is 196 g/mol. The van der Waals surface area contributed by atoms with Crippen LogP contribution in [0.1, 0.15) is 37.6 Å². The largest absolute Gasteiger partial charge is 0.508 e. The topological polar surface area (TPSA) is 57.5 Å². The van der Waals surface area contributed by atoms with Gasteiger partial charge in [-0.2, -0.15) is 0 Å². The van der Waals surface area contributed by atoms with Crippen molar-refractivity contribution < 1.29 is 15.0 Å². The van der Waals surface area contributed by atoms with Crippen LogP contribution in [0.25, 0.3) is 0 Å². The van der Waals surface area contributed by atoms with Gasteiger partial charge in [-0.25, -0.2) is 0 Å². The number of hydrogen-bond acceptors (Lipinski definition) is 3. The zero-order valence-corrected chi connectivity index (χ0v) is 8.74. The average molecular weight is 196 g/mol. The molecule has 0 aliphatic carbocycles. The van der Waals surface area contributed by atoms with E-state index in [9.17, 15) is 9.90 Å². The van der Waals surface area contributed by atoms with E-state index in [1.807, 2.05) is 13.8 Å². The maximum atomic E-state index is 11.1. The molecular weight excluding hydrogens is 180 g/mol. The zero-order valence-electron chi connectivity index (χ0n) is 8.74. The highest BCUT2D eigenvalue weighted by atomic mass is 16.3. The molecule has 0 saturated heterocycles. The van der Waals surface area contributed by atoms with E-state index in [1.165, 1.54) is 12.1 Å². The van der Waals surface area contributed by atoms with E-state index < -0.39 is 0 Å². The molecule has 0 aliphatic heterocycles. The van der Waals surface area contributed by atoms with Crippen molar-refractivity contribution in [3.8, 4) is 11.5 Å². The molecule has 1 aromatic carbocycles. The summed E-state index contributed by atoms with van der Waals surface area (Å²) in [4.78, 5) is 11.1. The Kier molecular flexibility index (Phi) is 5.37. The number of phenols is 2. The number of carbonyl (C=O) groups excluding carboxylic acids is 1. The maximum Gasteiger partial charge on any atom is 0.166 e. The van der Waals surface area contributed by atoms with Crippen LogP contribution in [0.5, 0.6) is 11.5 Å². The predicted octanol–water partition coefficient (Wildman–Crippen LogP) is 2.72. The van der Waals surface area contributed by atoms with Gasteiger partial charge >= 0.3 is 0 Å². The van der Waals surface area contributed by atoms with Gasteiger partial charge in [0.1, 0.15) is 11.5 Å². The summed E-state index contributed by atoms with van der Waals surface area (Å²) in [5.74, 6) is -0.338. The minimum atomic E-state index is -0.165. The van der Waals surface area contributed by atoms with Crippen molar-refractivity contribution in [3.63, 3.8) is 0 Å². The Hall–Kier alpha value is -1.51. The van der Waals surface area contributed by atoms with Crippen molar-refractivity contribution in [2.45, 2.75) is 27.2 Å². The summed E-state index contributed by atoms with van der Waals surface area (Å²) in [6.45, 7) is 5.72. The van der Waals surface area contributed by atoms with E-state index in [1.54, 1.807) is 6.92 Å². The van der Waals surface area contributed by atoms with Crippen LogP contribution in [0.4, 0.5) is 0 Å². The molecule has 0 bridgehead atoms. The fourth-order valence-corrected chi connectivity index (χ4v) is 0.946. The van der Waals surface area contributed by atoms with Crippen LogP contribution in [0.3, 0.4) is 0 Å². The van der Waals surface area contributed by atoms with Gasteiger partial charge in [-0.05, 0) is 12.1 Å². The van der Waals surface area contributed by atoms with Crippen molar-refractivity contribution in [2.75, 3.05) is 0 Å². The third-order valence-electron chi connectivity index (χ3n) is 1.60. The van der Waals surface area contributed by atoms with Crippen LogP contribution >= 0.6 is 0 Å². The Morgan fingerprint density at radius 3 is 2.29 bits per heavy atom. The second-order valence-electron chi connectivity index (χ2n) is 2.48. The molecular formula is C11H16O3. The van der Waals surface area contributed by atoms with E-state index in [2.05, 4.69) is 0 Å². The molecule has 0 fully saturated rings. The summed E-state index contributed by atoms with van der Waals surface area (Å²) in [5.41, 5.74) is 0.260. The molecule has 0 atom stereocenters. The highest BCUT2D eigenvalue weighted by Gasteiger charge is 2.08. The lowest BCUT2D eigenvalue weighted by Gasteiger charge is -2.01. The fraction of sp³-hybridized carbons (Fsp3) is 0.364. The Balaban J connectivity index is 0.000000791. The number of aromatic hydroxyl groups is 2. The summed E-state index contributed by atoms with van der Waals surface area (Å²) >= 11 is 0. The number of carbonyl (C=O) groups is 1. The summed E-state index contributed by atoms with van der Waals surface area (Å²) in [7, 11) is 0. The van der Waals surface area contributed by atoms with E-state index in [0.717, 1.165) is 6.07 Å². The molecule has 1 aromatic rings. The van der Waals surface area contributed by atoms with Crippen LogP contribution in [0, 0.1) is 0 Å². The number of ketones is 1. The first-order valence-electron chi connectivity index (χ1n) is 4.70. The van der Waals surface area contributed by atoms with Crippen molar-refractivity contribution >= 4 is 5.78 Å². The van der Waals surface area contributed by atoms with Crippen LogP contribution < -0.4 is 0 Å². The van der Waals surface area contributed by atoms with Crippen LogP contribution in [0.15, 0.2) is 18.2 Å². The highest BCUT2D eigenvalue weighted by Crippen LogP contribution is 2.23. The Morgan fingerprint density at radius 1 is 1.29 bits per heavy atom. The molecule has 3 heteroatoms. The van der Waals surface area contributed by atoms with Gasteiger partial charge < -0.3 is 10.2 Å². The molecule has 0 amide bonds. The molecule has 3 nitrogen and oxygen atoms in total. The molecule has 1 rings (SSSR count). The average Bonchev–Trinajstić information content (AvgIpc) is 2.20. The quantitative estimate of drug-likeness (QED) is 0.715. The second-order valence-corrected chi connectivity index (χ2v) is 2.48. The minimum Gasteiger partial charge on any atom is -0.508 e. The first-order chi connectivity index (χ1) is 6.65. The maximum absolute atomic E-state index is 11.1. The number of Topliss-reactive ketones (excluding diaryl/α,β-unsaturated/α-hetero) is 1. The van der Waals surface area contributed by atoms with Gasteiger partial charge in [0.2, 0.25) is 0 Å².